The fraction of sp³-hybridized carbons (Fsp3) is 0.833. The molecule has 1 aliphatic heterocycles. The van der Waals surface area contributed by atoms with E-state index >= 15 is 0 Å². The molecule has 19 heavy (non-hydrogen) atoms. The Morgan fingerprint density at radius 1 is 1.42 bits per heavy atom. The molecule has 7 heteroatoms. The van der Waals surface area contributed by atoms with Gasteiger partial charge in [-0.05, 0) is 13.5 Å². The number of hydrogen-bond acceptors (Lipinski definition) is 6. The summed E-state index contributed by atoms with van der Waals surface area (Å²) in [4.78, 5) is 6.35. The average Bonchev–Trinajstić information content (AvgIpc) is 2.83. The largest absolute Gasteiger partial charge is 0.339 e. The van der Waals surface area contributed by atoms with Crippen molar-refractivity contribution in [3.63, 3.8) is 0 Å². The molecule has 2 heterocycles. The second kappa shape index (κ2) is 4.86. The second-order valence-corrected chi connectivity index (χ2v) is 8.47. The van der Waals surface area contributed by atoms with Crippen LogP contribution in [-0.4, -0.2) is 48.1 Å². The molecule has 1 fully saturated rings. The topological polar surface area (TPSA) is 76.3 Å². The van der Waals surface area contributed by atoms with Crippen LogP contribution in [0.5, 0.6) is 0 Å². The lowest BCUT2D eigenvalue weighted by atomic mass is 9.97. The standard InChI is InChI=1S/C12H21N3O3S/c1-12(2,3)11-13-10(14-18-11)7-15(4)9-5-6-19(16,17)8-9/h9H,5-8H2,1-4H3. The van der Waals surface area contributed by atoms with Gasteiger partial charge in [0.1, 0.15) is 0 Å². The Hall–Kier alpha value is -0.950. The summed E-state index contributed by atoms with van der Waals surface area (Å²) in [6.45, 7) is 6.55. The van der Waals surface area contributed by atoms with Crippen LogP contribution in [-0.2, 0) is 21.8 Å². The van der Waals surface area contributed by atoms with Gasteiger partial charge >= 0.3 is 0 Å². The maximum absolute atomic E-state index is 11.5. The smallest absolute Gasteiger partial charge is 0.232 e. The van der Waals surface area contributed by atoms with Gasteiger partial charge in [-0.15, -0.1) is 0 Å². The molecule has 1 unspecified atom stereocenters. The molecule has 0 N–H and O–H groups in total. The quantitative estimate of drug-likeness (QED) is 0.825. The molecule has 0 aliphatic carbocycles. The predicted molar refractivity (Wildman–Crippen MR) is 71.5 cm³/mol. The van der Waals surface area contributed by atoms with E-state index in [0.717, 1.165) is 0 Å². The Morgan fingerprint density at radius 3 is 2.58 bits per heavy atom. The van der Waals surface area contributed by atoms with Crippen LogP contribution in [0.3, 0.4) is 0 Å². The fourth-order valence-electron chi connectivity index (χ4n) is 2.10. The summed E-state index contributed by atoms with van der Waals surface area (Å²) in [7, 11) is -0.955. The molecule has 2 rings (SSSR count). The van der Waals surface area contributed by atoms with Gasteiger partial charge in [0.15, 0.2) is 15.7 Å². The molecule has 1 saturated heterocycles. The number of sulfone groups is 1. The lowest BCUT2D eigenvalue weighted by Gasteiger charge is -2.20. The average molecular weight is 287 g/mol. The Morgan fingerprint density at radius 2 is 2.11 bits per heavy atom. The highest BCUT2D eigenvalue weighted by Crippen LogP contribution is 2.21. The van der Waals surface area contributed by atoms with Crippen molar-refractivity contribution >= 4 is 9.84 Å². The summed E-state index contributed by atoms with van der Waals surface area (Å²) in [5.74, 6) is 1.72. The zero-order valence-electron chi connectivity index (χ0n) is 11.9. The van der Waals surface area contributed by atoms with Crippen LogP contribution in [0.1, 0.15) is 38.9 Å². The van der Waals surface area contributed by atoms with Crippen LogP contribution in [0.4, 0.5) is 0 Å². The van der Waals surface area contributed by atoms with Crippen molar-refractivity contribution < 1.29 is 12.9 Å². The molecule has 0 bridgehead atoms. The zero-order valence-corrected chi connectivity index (χ0v) is 12.7. The molecule has 0 spiro atoms. The van der Waals surface area contributed by atoms with Gasteiger partial charge in [0.25, 0.3) is 0 Å². The van der Waals surface area contributed by atoms with E-state index in [2.05, 4.69) is 10.1 Å². The van der Waals surface area contributed by atoms with Gasteiger partial charge in [-0.25, -0.2) is 8.42 Å². The summed E-state index contributed by atoms with van der Waals surface area (Å²) in [5.41, 5.74) is -0.166. The minimum absolute atomic E-state index is 0.0570. The van der Waals surface area contributed by atoms with E-state index in [-0.39, 0.29) is 23.0 Å². The van der Waals surface area contributed by atoms with Crippen LogP contribution in [0, 0.1) is 0 Å². The van der Waals surface area contributed by atoms with Crippen LogP contribution < -0.4 is 0 Å². The lowest BCUT2D eigenvalue weighted by molar-refractivity contribution is 0.242. The van der Waals surface area contributed by atoms with E-state index in [0.29, 0.717) is 24.7 Å². The molecule has 6 nitrogen and oxygen atoms in total. The first-order valence-corrected chi connectivity index (χ1v) is 8.23. The van der Waals surface area contributed by atoms with E-state index < -0.39 is 9.84 Å². The first-order valence-electron chi connectivity index (χ1n) is 6.41. The maximum atomic E-state index is 11.5. The number of hydrogen-bond donors (Lipinski definition) is 0. The number of aromatic nitrogens is 2. The molecule has 1 aromatic rings. The Balaban J connectivity index is 2.00. The highest BCUT2D eigenvalue weighted by Gasteiger charge is 2.31. The van der Waals surface area contributed by atoms with Gasteiger partial charge in [0, 0.05) is 11.5 Å². The third-order valence-corrected chi connectivity index (χ3v) is 5.08. The summed E-state index contributed by atoms with van der Waals surface area (Å²) in [6, 6.07) is 0.0570. The van der Waals surface area contributed by atoms with Gasteiger partial charge in [-0.3, -0.25) is 4.90 Å². The Kier molecular flexibility index (Phi) is 3.70. The number of nitrogens with zero attached hydrogens (tertiary/aromatic N) is 3. The van der Waals surface area contributed by atoms with Crippen LogP contribution in [0.25, 0.3) is 0 Å². The molecule has 1 aromatic heterocycles. The fourth-order valence-corrected chi connectivity index (χ4v) is 3.90. The molecule has 1 aliphatic rings. The summed E-state index contributed by atoms with van der Waals surface area (Å²) < 4.78 is 28.1. The van der Waals surface area contributed by atoms with Crippen molar-refractivity contribution in [2.75, 3.05) is 18.6 Å². The normalized spacial score (nSPS) is 23.1. The molecule has 0 aromatic carbocycles. The summed E-state index contributed by atoms with van der Waals surface area (Å²) >= 11 is 0. The maximum Gasteiger partial charge on any atom is 0.232 e. The van der Waals surface area contributed by atoms with Crippen molar-refractivity contribution in [2.24, 2.45) is 0 Å². The van der Waals surface area contributed by atoms with Gasteiger partial charge in [0.2, 0.25) is 5.89 Å². The SMILES string of the molecule is CN(Cc1noc(C(C)(C)C)n1)C1CCS(=O)(=O)C1. The first-order chi connectivity index (χ1) is 8.67. The Bertz CT molecular complexity index is 545. The van der Waals surface area contributed by atoms with E-state index in [4.69, 9.17) is 4.52 Å². The third-order valence-electron chi connectivity index (χ3n) is 3.33. The number of rotatable bonds is 3. The molecule has 1 atom stereocenters. The Labute approximate surface area is 114 Å². The van der Waals surface area contributed by atoms with E-state index in [1.54, 1.807) is 0 Å². The van der Waals surface area contributed by atoms with Crippen molar-refractivity contribution in [1.29, 1.82) is 0 Å². The summed E-state index contributed by atoms with van der Waals surface area (Å²) in [5, 5.41) is 3.95. The van der Waals surface area contributed by atoms with E-state index in [1.165, 1.54) is 0 Å². The third kappa shape index (κ3) is 3.54. The van der Waals surface area contributed by atoms with Crippen molar-refractivity contribution in [3.05, 3.63) is 11.7 Å². The summed E-state index contributed by atoms with van der Waals surface area (Å²) in [6.07, 6.45) is 0.683. The minimum atomic E-state index is -2.86. The predicted octanol–water partition coefficient (Wildman–Crippen LogP) is 0.986. The minimum Gasteiger partial charge on any atom is -0.339 e. The van der Waals surface area contributed by atoms with E-state index in [1.807, 2.05) is 32.7 Å². The molecule has 0 saturated carbocycles. The zero-order chi connectivity index (χ0) is 14.3. The molecular weight excluding hydrogens is 266 g/mol. The van der Waals surface area contributed by atoms with Gasteiger partial charge in [-0.2, -0.15) is 4.98 Å². The van der Waals surface area contributed by atoms with Crippen LogP contribution >= 0.6 is 0 Å². The first kappa shape index (κ1) is 14.5. The lowest BCUT2D eigenvalue weighted by Crippen LogP contribution is -2.32. The van der Waals surface area contributed by atoms with Crippen LogP contribution in [0.2, 0.25) is 0 Å². The highest BCUT2D eigenvalue weighted by atomic mass is 32.2. The highest BCUT2D eigenvalue weighted by molar-refractivity contribution is 7.91. The van der Waals surface area contributed by atoms with Gasteiger partial charge in [-0.1, -0.05) is 25.9 Å². The second-order valence-electron chi connectivity index (χ2n) is 6.24. The van der Waals surface area contributed by atoms with Crippen molar-refractivity contribution in [2.45, 2.75) is 45.2 Å². The molecular formula is C12H21N3O3S. The molecule has 0 radical (unpaired) electrons. The monoisotopic (exact) mass is 287 g/mol. The molecule has 108 valence electrons. The van der Waals surface area contributed by atoms with Crippen molar-refractivity contribution in [1.82, 2.24) is 15.0 Å². The van der Waals surface area contributed by atoms with Crippen LogP contribution in [0.15, 0.2) is 4.52 Å². The van der Waals surface area contributed by atoms with Gasteiger partial charge < -0.3 is 4.52 Å². The van der Waals surface area contributed by atoms with E-state index in [9.17, 15) is 8.42 Å². The van der Waals surface area contributed by atoms with Crippen molar-refractivity contribution in [3.8, 4) is 0 Å². The van der Waals surface area contributed by atoms with Gasteiger partial charge in [0.05, 0.1) is 18.1 Å². The molecule has 0 amide bonds.